The van der Waals surface area contributed by atoms with Gasteiger partial charge in [-0.05, 0) is 0 Å². The number of anilines is 1. The van der Waals surface area contributed by atoms with Crippen molar-refractivity contribution < 1.29 is 33.9 Å². The second kappa shape index (κ2) is 10.8. The van der Waals surface area contributed by atoms with Crippen LogP contribution in [0.5, 0.6) is 0 Å². The summed E-state index contributed by atoms with van der Waals surface area (Å²) in [6.45, 7) is 2.30. The average Bonchev–Trinajstić information content (AvgIpc) is 3.23. The lowest BCUT2D eigenvalue weighted by Gasteiger charge is -2.53. The fourth-order valence-corrected chi connectivity index (χ4v) is 5.35. The Hall–Kier alpha value is -2.26. The molecule has 3 atom stereocenters. The number of carboxylic acid groups (broad SMARTS) is 1. The third kappa shape index (κ3) is 6.30. The minimum atomic E-state index is -1.81. The quantitative estimate of drug-likeness (QED) is 0.0946. The number of rotatable bonds is 9. The minimum Gasteiger partial charge on any atom is -0.481 e. The van der Waals surface area contributed by atoms with Gasteiger partial charge in [-0.1, -0.05) is 46.0 Å². The number of aromatic nitrogens is 1. The number of nitrogens with zero attached hydrogens (tertiary/aromatic N) is 3. The lowest BCUT2D eigenvalue weighted by atomic mass is 9.87. The summed E-state index contributed by atoms with van der Waals surface area (Å²) in [7, 11) is 0. The van der Waals surface area contributed by atoms with Crippen molar-refractivity contribution in [3.8, 4) is 0 Å². The van der Waals surface area contributed by atoms with E-state index in [4.69, 9.17) is 50.1 Å². The number of carbonyl (C=O) groups excluding carboxylic acids is 3. The van der Waals surface area contributed by atoms with Crippen molar-refractivity contribution in [2.45, 2.75) is 15.2 Å². The van der Waals surface area contributed by atoms with Crippen LogP contribution in [0.2, 0.25) is 0 Å². The maximum absolute atomic E-state index is 12.9. The van der Waals surface area contributed by atoms with Gasteiger partial charge in [0.05, 0.1) is 0 Å². The van der Waals surface area contributed by atoms with Crippen molar-refractivity contribution in [3.63, 3.8) is 0 Å². The van der Waals surface area contributed by atoms with Crippen molar-refractivity contribution in [2.75, 3.05) is 31.2 Å². The van der Waals surface area contributed by atoms with Crippen LogP contribution in [-0.4, -0.2) is 85.2 Å². The Kier molecular flexibility index (Phi) is 8.42. The van der Waals surface area contributed by atoms with E-state index < -0.39 is 57.6 Å². The summed E-state index contributed by atoms with van der Waals surface area (Å²) in [6, 6.07) is -0.931. The summed E-state index contributed by atoms with van der Waals surface area (Å²) in [5, 5.41) is 16.8. The summed E-state index contributed by atoms with van der Waals surface area (Å²) in [6.07, 6.45) is 1.31. The Morgan fingerprint density at radius 2 is 2.17 bits per heavy atom. The lowest BCUT2D eigenvalue weighted by molar-refractivity contribution is -0.156. The molecule has 2 fully saturated rings. The molecule has 17 heteroatoms. The molecule has 2 saturated heterocycles. The molecule has 0 aliphatic carbocycles. The van der Waals surface area contributed by atoms with Crippen LogP contribution in [0.3, 0.4) is 0 Å². The number of nitrogens with one attached hydrogen (secondary N) is 1. The molecule has 35 heavy (non-hydrogen) atoms. The standard InChI is InChI=1S/C18H18Cl3N5O7S2/c1-2-17(15(30)31)5-26-13(29)11(14(26)35-7-17)24-12(28)10(8-4-34-16(22)23-8)25-33-3-9(27)32-6-18(19,20)21/h2,4,11,14H,1,3,5-7H2,(H2,22,23)(H,24,28)(H,30,31)/t11?,14-,17?/m1/s1. The van der Waals surface area contributed by atoms with E-state index >= 15 is 0 Å². The maximum atomic E-state index is 12.9. The van der Waals surface area contributed by atoms with Crippen LogP contribution in [0, 0.1) is 5.41 Å². The Labute approximate surface area is 221 Å². The van der Waals surface area contributed by atoms with Gasteiger partial charge in [-0.2, -0.15) is 0 Å². The van der Waals surface area contributed by atoms with Crippen molar-refractivity contribution in [1.29, 1.82) is 0 Å². The van der Waals surface area contributed by atoms with Gasteiger partial charge in [0, 0.05) is 17.7 Å². The van der Waals surface area contributed by atoms with Gasteiger partial charge in [0.25, 0.3) is 5.91 Å². The third-order valence-corrected chi connectivity index (χ3v) is 7.47. The molecular formula is C18H18Cl3N5O7S2. The number of alkyl halides is 3. The zero-order valence-electron chi connectivity index (χ0n) is 17.6. The first kappa shape index (κ1) is 27.3. The van der Waals surface area contributed by atoms with E-state index in [1.807, 2.05) is 0 Å². The van der Waals surface area contributed by atoms with Gasteiger partial charge in [-0.25, -0.2) is 9.78 Å². The Morgan fingerprint density at radius 3 is 2.74 bits per heavy atom. The predicted molar refractivity (Wildman–Crippen MR) is 130 cm³/mol. The normalized spacial score (nSPS) is 24.1. The van der Waals surface area contributed by atoms with Crippen molar-refractivity contribution in [2.24, 2.45) is 10.6 Å². The van der Waals surface area contributed by atoms with E-state index in [0.29, 0.717) is 0 Å². The number of fused-ring (bicyclic) bond motifs is 1. The van der Waals surface area contributed by atoms with Gasteiger partial charge in [0.15, 0.2) is 10.8 Å². The van der Waals surface area contributed by atoms with Crippen molar-refractivity contribution in [1.82, 2.24) is 15.2 Å². The Balaban J connectivity index is 1.67. The number of oxime groups is 1. The molecule has 2 aliphatic heterocycles. The number of thiazole rings is 1. The van der Waals surface area contributed by atoms with Crippen LogP contribution in [0.1, 0.15) is 5.69 Å². The number of carboxylic acids is 1. The third-order valence-electron chi connectivity index (χ3n) is 4.92. The number of thioether (sulfide) groups is 1. The molecule has 2 aliphatic rings. The van der Waals surface area contributed by atoms with E-state index in [1.165, 1.54) is 28.1 Å². The van der Waals surface area contributed by atoms with Crippen LogP contribution in [-0.2, 0) is 28.8 Å². The molecule has 1 aromatic heterocycles. The molecular weight excluding hydrogens is 569 g/mol. The topological polar surface area (TPSA) is 174 Å². The summed E-state index contributed by atoms with van der Waals surface area (Å²) >= 11 is 18.7. The van der Waals surface area contributed by atoms with Gasteiger partial charge in [0.2, 0.25) is 16.3 Å². The summed E-state index contributed by atoms with van der Waals surface area (Å²) < 4.78 is 2.89. The smallest absolute Gasteiger partial charge is 0.347 e. The first-order chi connectivity index (χ1) is 16.4. The second-order valence-electron chi connectivity index (χ2n) is 7.34. The first-order valence-electron chi connectivity index (χ1n) is 9.60. The highest BCUT2D eigenvalue weighted by Gasteiger charge is 2.56. The highest BCUT2D eigenvalue weighted by molar-refractivity contribution is 8.00. The molecule has 3 heterocycles. The monoisotopic (exact) mass is 585 g/mol. The van der Waals surface area contributed by atoms with Gasteiger partial charge in [-0.3, -0.25) is 14.4 Å². The Morgan fingerprint density at radius 1 is 1.46 bits per heavy atom. The number of hydrogen-bond acceptors (Lipinski definition) is 11. The van der Waals surface area contributed by atoms with Gasteiger partial charge < -0.3 is 30.6 Å². The van der Waals surface area contributed by atoms with E-state index in [0.717, 1.165) is 11.3 Å². The number of esters is 1. The zero-order chi connectivity index (χ0) is 26.0. The molecule has 0 bridgehead atoms. The van der Waals surface area contributed by atoms with E-state index in [2.05, 4.69) is 22.0 Å². The molecule has 12 nitrogen and oxygen atoms in total. The number of amides is 2. The largest absolute Gasteiger partial charge is 0.481 e. The van der Waals surface area contributed by atoms with Crippen molar-refractivity contribution >= 4 is 92.5 Å². The fraction of sp³-hybridized carbons (Fsp3) is 0.444. The zero-order valence-corrected chi connectivity index (χ0v) is 21.5. The average molecular weight is 587 g/mol. The number of carbonyl (C=O) groups is 4. The highest BCUT2D eigenvalue weighted by atomic mass is 35.6. The molecule has 1 aromatic rings. The molecule has 0 spiro atoms. The molecule has 3 rings (SSSR count). The van der Waals surface area contributed by atoms with E-state index in [9.17, 15) is 24.3 Å². The van der Waals surface area contributed by atoms with Crippen LogP contribution in [0.4, 0.5) is 5.13 Å². The van der Waals surface area contributed by atoms with Crippen molar-refractivity contribution in [3.05, 3.63) is 23.7 Å². The van der Waals surface area contributed by atoms with Gasteiger partial charge >= 0.3 is 11.9 Å². The van der Waals surface area contributed by atoms with Gasteiger partial charge in [0.1, 0.15) is 29.1 Å². The van der Waals surface area contributed by atoms with Crippen LogP contribution >= 0.6 is 57.9 Å². The SMILES string of the molecule is C=CC1(C(=O)O)CS[C@@H]2C(NC(=O)C(=NOCC(=O)OCC(Cl)(Cl)Cl)c3csc(N)n3)C(=O)N2C1. The molecule has 0 aromatic carbocycles. The number of ether oxygens (including phenoxy) is 1. The lowest BCUT2D eigenvalue weighted by Crippen LogP contribution is -2.73. The fourth-order valence-electron chi connectivity index (χ4n) is 3.10. The first-order valence-corrected chi connectivity index (χ1v) is 12.7. The second-order valence-corrected chi connectivity index (χ2v) is 11.9. The molecule has 0 saturated carbocycles. The molecule has 0 radical (unpaired) electrons. The molecule has 190 valence electrons. The summed E-state index contributed by atoms with van der Waals surface area (Å²) in [5.41, 5.74) is 4.07. The number of nitrogens with two attached hydrogens (primary N) is 1. The van der Waals surface area contributed by atoms with Crippen LogP contribution in [0.15, 0.2) is 23.2 Å². The molecule has 2 unspecified atom stereocenters. The molecule has 4 N–H and O–H groups in total. The number of halogens is 3. The molecule has 2 amide bonds. The van der Waals surface area contributed by atoms with E-state index in [1.54, 1.807) is 0 Å². The summed E-state index contributed by atoms with van der Waals surface area (Å²) in [4.78, 5) is 59.2. The van der Waals surface area contributed by atoms with E-state index in [-0.39, 0.29) is 28.8 Å². The maximum Gasteiger partial charge on any atom is 0.347 e. The van der Waals surface area contributed by atoms with Crippen LogP contribution < -0.4 is 11.1 Å². The predicted octanol–water partition coefficient (Wildman–Crippen LogP) is 1.02. The minimum absolute atomic E-state index is 0.0520. The number of hydrogen-bond donors (Lipinski definition) is 3. The summed E-state index contributed by atoms with van der Waals surface area (Å²) in [5.74, 6) is -3.10. The highest BCUT2D eigenvalue weighted by Crippen LogP contribution is 2.42. The van der Waals surface area contributed by atoms with Gasteiger partial charge in [-0.15, -0.1) is 29.7 Å². The number of nitrogen functional groups attached to an aromatic ring is 1. The van der Waals surface area contributed by atoms with Crippen LogP contribution in [0.25, 0.3) is 0 Å². The Bertz CT molecular complexity index is 1080. The number of aliphatic carboxylic acids is 1. The number of β-lactam (4-membered cyclic amide) rings is 1.